The van der Waals surface area contributed by atoms with E-state index in [1.165, 1.54) is 0 Å². The van der Waals surface area contributed by atoms with Gasteiger partial charge in [0.25, 0.3) is 5.56 Å². The van der Waals surface area contributed by atoms with E-state index in [1.807, 2.05) is 68.1 Å². The van der Waals surface area contributed by atoms with E-state index in [-0.39, 0.29) is 17.3 Å². The quantitative estimate of drug-likeness (QED) is 0.318. The number of fused-ring (bicyclic) bond motifs is 1. The first-order valence-corrected chi connectivity index (χ1v) is 12.5. The Balaban J connectivity index is 2.23. The number of nitrogens with zero attached hydrogens (tertiary/aromatic N) is 3. The van der Waals surface area contributed by atoms with Crippen molar-refractivity contribution in [1.82, 2.24) is 14.5 Å². The molecule has 0 aliphatic rings. The molecule has 0 aliphatic carbocycles. The van der Waals surface area contributed by atoms with Crippen LogP contribution >= 0.6 is 27.5 Å². The van der Waals surface area contributed by atoms with Crippen LogP contribution in [0.4, 0.5) is 0 Å². The molecule has 3 rings (SSSR count). The fourth-order valence-electron chi connectivity index (χ4n) is 3.72. The van der Waals surface area contributed by atoms with Crippen LogP contribution in [0.25, 0.3) is 16.6 Å². The summed E-state index contributed by atoms with van der Waals surface area (Å²) in [6.07, 6.45) is 0.838. The molecule has 0 N–H and O–H groups in total. The lowest BCUT2D eigenvalue weighted by Gasteiger charge is -2.36. The molecular formula is C26H31BrClN3O2. The Morgan fingerprint density at radius 1 is 1.12 bits per heavy atom. The van der Waals surface area contributed by atoms with Crippen LogP contribution in [0.1, 0.15) is 52.9 Å². The van der Waals surface area contributed by atoms with Gasteiger partial charge in [0.1, 0.15) is 5.82 Å². The summed E-state index contributed by atoms with van der Waals surface area (Å²) in [7, 11) is 0. The number of amides is 1. The zero-order valence-corrected chi connectivity index (χ0v) is 22.2. The van der Waals surface area contributed by atoms with E-state index in [0.717, 1.165) is 10.9 Å². The molecule has 7 heteroatoms. The summed E-state index contributed by atoms with van der Waals surface area (Å²) >= 11 is 9.63. The molecule has 1 aromatic heterocycles. The number of para-hydroxylation sites is 1. The number of halogens is 2. The maximum absolute atomic E-state index is 13.6. The first kappa shape index (κ1) is 25.4. The van der Waals surface area contributed by atoms with E-state index in [9.17, 15) is 9.59 Å². The first-order valence-electron chi connectivity index (χ1n) is 11.2. The van der Waals surface area contributed by atoms with Crippen LogP contribution in [0, 0.1) is 11.3 Å². The van der Waals surface area contributed by atoms with Gasteiger partial charge < -0.3 is 4.90 Å². The molecule has 1 atom stereocenters. The van der Waals surface area contributed by atoms with E-state index in [1.54, 1.807) is 10.6 Å². The third-order valence-electron chi connectivity index (χ3n) is 5.85. The molecule has 0 saturated heterocycles. The fourth-order valence-corrected chi connectivity index (χ4v) is 4.10. The number of benzene rings is 2. The number of rotatable bonds is 8. The molecule has 1 heterocycles. The van der Waals surface area contributed by atoms with E-state index < -0.39 is 11.5 Å². The van der Waals surface area contributed by atoms with E-state index in [0.29, 0.717) is 34.9 Å². The predicted molar refractivity (Wildman–Crippen MR) is 139 cm³/mol. The predicted octanol–water partition coefficient (Wildman–Crippen LogP) is 6.35. The molecule has 0 bridgehead atoms. The van der Waals surface area contributed by atoms with Gasteiger partial charge in [0.2, 0.25) is 5.91 Å². The normalized spacial score (nSPS) is 12.8. The second-order valence-electron chi connectivity index (χ2n) is 9.48. The molecule has 33 heavy (non-hydrogen) atoms. The summed E-state index contributed by atoms with van der Waals surface area (Å²) in [5, 5.41) is 0.539. The smallest absolute Gasteiger partial charge is 0.266 e. The van der Waals surface area contributed by atoms with Gasteiger partial charge in [0.15, 0.2) is 0 Å². The molecule has 0 spiro atoms. The largest absolute Gasteiger partial charge is 0.332 e. The Morgan fingerprint density at radius 2 is 1.76 bits per heavy atom. The van der Waals surface area contributed by atoms with E-state index in [2.05, 4.69) is 29.8 Å². The summed E-state index contributed by atoms with van der Waals surface area (Å²) in [5.74, 6) is 1.12. The molecule has 0 fully saturated rings. The Morgan fingerprint density at radius 3 is 2.36 bits per heavy atom. The van der Waals surface area contributed by atoms with Gasteiger partial charge in [-0.25, -0.2) is 4.98 Å². The van der Waals surface area contributed by atoms with Crippen LogP contribution in [0.2, 0.25) is 0 Å². The maximum atomic E-state index is 13.6. The lowest BCUT2D eigenvalue weighted by atomic mass is 9.93. The molecule has 5 nitrogen and oxygen atoms in total. The van der Waals surface area contributed by atoms with Gasteiger partial charge in [-0.05, 0) is 69.5 Å². The topological polar surface area (TPSA) is 55.2 Å². The Kier molecular flexibility index (Phi) is 8.01. The number of hydrogen-bond acceptors (Lipinski definition) is 3. The lowest BCUT2D eigenvalue weighted by molar-refractivity contribution is -0.142. The zero-order valence-electron chi connectivity index (χ0n) is 19.8. The Bertz CT molecular complexity index is 1190. The molecule has 0 radical (unpaired) electrons. The van der Waals surface area contributed by atoms with Crippen molar-refractivity contribution in [3.8, 4) is 5.69 Å². The maximum Gasteiger partial charge on any atom is 0.266 e. The monoisotopic (exact) mass is 531 g/mol. The fraction of sp³-hybridized carbons (Fsp3) is 0.423. The highest BCUT2D eigenvalue weighted by atomic mass is 79.9. The van der Waals surface area contributed by atoms with E-state index >= 15 is 0 Å². The number of hydrogen-bond donors (Lipinski definition) is 0. The highest BCUT2D eigenvalue weighted by Gasteiger charge is 2.35. The van der Waals surface area contributed by atoms with Crippen LogP contribution in [0.3, 0.4) is 0 Å². The standard InChI is InChI=1S/C26H31BrClN3O2/c1-17(2)14-15-30(25(33)26(4,5)16-28)18(3)23-29-22-9-7-6-8-21(22)24(32)31(23)20-12-10-19(27)11-13-20/h6-13,17-18H,14-16H2,1-5H3. The summed E-state index contributed by atoms with van der Waals surface area (Å²) in [6.45, 7) is 10.5. The molecule has 2 aromatic carbocycles. The number of carbonyl (C=O) groups excluding carboxylic acids is 1. The van der Waals surface area contributed by atoms with Crippen LogP contribution in [0.15, 0.2) is 57.8 Å². The molecule has 1 unspecified atom stereocenters. The van der Waals surface area contributed by atoms with Crippen molar-refractivity contribution in [3.05, 3.63) is 69.2 Å². The summed E-state index contributed by atoms with van der Waals surface area (Å²) < 4.78 is 2.54. The zero-order chi connectivity index (χ0) is 24.3. The summed E-state index contributed by atoms with van der Waals surface area (Å²) in [5.41, 5.74) is 0.436. The van der Waals surface area contributed by atoms with Gasteiger partial charge in [-0.3, -0.25) is 14.2 Å². The van der Waals surface area contributed by atoms with Gasteiger partial charge in [0, 0.05) is 16.9 Å². The van der Waals surface area contributed by atoms with Gasteiger partial charge in [0.05, 0.1) is 28.0 Å². The second kappa shape index (κ2) is 10.4. The molecule has 0 saturated carbocycles. The van der Waals surface area contributed by atoms with Crippen LogP contribution in [-0.4, -0.2) is 32.8 Å². The van der Waals surface area contributed by atoms with Crippen molar-refractivity contribution < 1.29 is 4.79 Å². The minimum absolute atomic E-state index is 0.0459. The third kappa shape index (κ3) is 5.49. The molecular weight excluding hydrogens is 502 g/mol. The summed E-state index contributed by atoms with van der Waals surface area (Å²) in [4.78, 5) is 33.9. The Labute approximate surface area is 208 Å². The molecule has 0 aliphatic heterocycles. The molecule has 176 valence electrons. The lowest BCUT2D eigenvalue weighted by Crippen LogP contribution is -2.45. The first-order chi connectivity index (χ1) is 15.6. The van der Waals surface area contributed by atoms with Gasteiger partial charge in [-0.15, -0.1) is 11.6 Å². The van der Waals surface area contributed by atoms with Crippen molar-refractivity contribution in [2.45, 2.75) is 47.1 Å². The molecule has 1 amide bonds. The third-order valence-corrected chi connectivity index (χ3v) is 7.05. The number of alkyl halides is 1. The summed E-state index contributed by atoms with van der Waals surface area (Å²) in [6, 6.07) is 14.4. The Hall–Kier alpha value is -2.18. The van der Waals surface area contributed by atoms with Crippen molar-refractivity contribution in [3.63, 3.8) is 0 Å². The minimum atomic E-state index is -0.730. The minimum Gasteiger partial charge on any atom is -0.332 e. The van der Waals surface area contributed by atoms with Crippen molar-refractivity contribution in [2.75, 3.05) is 12.4 Å². The molecule has 3 aromatic rings. The number of carbonyl (C=O) groups is 1. The second-order valence-corrected chi connectivity index (χ2v) is 10.7. The van der Waals surface area contributed by atoms with Crippen molar-refractivity contribution in [2.24, 2.45) is 11.3 Å². The highest BCUT2D eigenvalue weighted by Crippen LogP contribution is 2.29. The van der Waals surface area contributed by atoms with Crippen molar-refractivity contribution in [1.29, 1.82) is 0 Å². The van der Waals surface area contributed by atoms with Crippen LogP contribution in [-0.2, 0) is 4.79 Å². The SMILES string of the molecule is CC(C)CCN(C(=O)C(C)(C)CCl)C(C)c1nc2ccccc2c(=O)n1-c1ccc(Br)cc1. The van der Waals surface area contributed by atoms with Crippen LogP contribution in [0.5, 0.6) is 0 Å². The van der Waals surface area contributed by atoms with E-state index in [4.69, 9.17) is 16.6 Å². The van der Waals surface area contributed by atoms with Gasteiger partial charge in [-0.2, -0.15) is 0 Å². The van der Waals surface area contributed by atoms with Crippen molar-refractivity contribution >= 4 is 44.3 Å². The van der Waals surface area contributed by atoms with Gasteiger partial charge in [-0.1, -0.05) is 41.9 Å². The van der Waals surface area contributed by atoms with Gasteiger partial charge >= 0.3 is 0 Å². The number of aromatic nitrogens is 2. The average Bonchev–Trinajstić information content (AvgIpc) is 2.79. The average molecular weight is 533 g/mol. The highest BCUT2D eigenvalue weighted by molar-refractivity contribution is 9.10. The van der Waals surface area contributed by atoms with Crippen LogP contribution < -0.4 is 5.56 Å².